The highest BCUT2D eigenvalue weighted by Gasteiger charge is 2.41. The van der Waals surface area contributed by atoms with Crippen molar-refractivity contribution in [1.82, 2.24) is 14.6 Å². The molecule has 2 fully saturated rings. The molecule has 4 nitrogen and oxygen atoms in total. The Bertz CT molecular complexity index is 567. The molecule has 2 saturated heterocycles. The molecule has 2 unspecified atom stereocenters. The van der Waals surface area contributed by atoms with Gasteiger partial charge >= 0.3 is 0 Å². The molecule has 18 heavy (non-hydrogen) atoms. The van der Waals surface area contributed by atoms with E-state index in [1.54, 1.807) is 0 Å². The maximum absolute atomic E-state index is 6.33. The summed E-state index contributed by atoms with van der Waals surface area (Å²) >= 11 is 6.33. The number of hydrogen-bond donors (Lipinski definition) is 0. The fraction of sp³-hybridized carbons (Fsp3) is 0.538. The molecule has 2 atom stereocenters. The second kappa shape index (κ2) is 3.85. The van der Waals surface area contributed by atoms with E-state index in [1.165, 1.54) is 12.8 Å². The van der Waals surface area contributed by atoms with Crippen LogP contribution in [0.5, 0.6) is 0 Å². The first-order valence-electron chi connectivity index (χ1n) is 6.53. The Morgan fingerprint density at radius 1 is 1.17 bits per heavy atom. The van der Waals surface area contributed by atoms with Gasteiger partial charge in [-0.2, -0.15) is 5.10 Å². The number of hydrogen-bond acceptors (Lipinski definition) is 3. The van der Waals surface area contributed by atoms with Gasteiger partial charge in [0.1, 0.15) is 5.52 Å². The van der Waals surface area contributed by atoms with Gasteiger partial charge in [-0.15, -0.1) is 11.6 Å². The summed E-state index contributed by atoms with van der Waals surface area (Å²) in [6, 6.07) is 3.15. The van der Waals surface area contributed by atoms with Crippen LogP contribution in [0.4, 0.5) is 5.82 Å². The molecule has 0 amide bonds. The summed E-state index contributed by atoms with van der Waals surface area (Å²) < 4.78 is 1.90. The highest BCUT2D eigenvalue weighted by atomic mass is 35.5. The van der Waals surface area contributed by atoms with Gasteiger partial charge in [0.15, 0.2) is 5.82 Å². The van der Waals surface area contributed by atoms with Crippen molar-refractivity contribution in [2.45, 2.75) is 43.1 Å². The molecule has 0 aromatic carbocycles. The Hall–Kier alpha value is -1.29. The Labute approximate surface area is 111 Å². The lowest BCUT2D eigenvalue weighted by Crippen LogP contribution is -2.44. The fourth-order valence-corrected chi connectivity index (χ4v) is 3.91. The second-order valence-corrected chi connectivity index (χ2v) is 5.89. The summed E-state index contributed by atoms with van der Waals surface area (Å²) in [7, 11) is 0. The van der Waals surface area contributed by atoms with Crippen molar-refractivity contribution in [3.05, 3.63) is 24.7 Å². The van der Waals surface area contributed by atoms with Gasteiger partial charge in [-0.05, 0) is 31.7 Å². The average Bonchev–Trinajstić information content (AvgIpc) is 2.92. The fourth-order valence-electron chi connectivity index (χ4n) is 3.50. The Morgan fingerprint density at radius 2 is 1.94 bits per heavy atom. The van der Waals surface area contributed by atoms with E-state index < -0.39 is 0 Å². The summed E-state index contributed by atoms with van der Waals surface area (Å²) in [6.45, 7) is 0. The quantitative estimate of drug-likeness (QED) is 0.741. The zero-order valence-corrected chi connectivity index (χ0v) is 10.8. The minimum atomic E-state index is 0.336. The molecular formula is C13H15ClN4. The van der Waals surface area contributed by atoms with Crippen LogP contribution in [0.1, 0.15) is 25.7 Å². The van der Waals surface area contributed by atoms with E-state index in [2.05, 4.69) is 15.0 Å². The largest absolute Gasteiger partial charge is 0.349 e. The smallest absolute Gasteiger partial charge is 0.155 e. The number of alkyl halides is 1. The molecule has 4 heterocycles. The van der Waals surface area contributed by atoms with Crippen LogP contribution in [0.15, 0.2) is 24.7 Å². The van der Waals surface area contributed by atoms with E-state index >= 15 is 0 Å². The van der Waals surface area contributed by atoms with E-state index in [4.69, 9.17) is 11.6 Å². The lowest BCUT2D eigenvalue weighted by Gasteiger charge is -2.38. The molecule has 0 radical (unpaired) electrons. The molecule has 2 aliphatic rings. The molecule has 5 heteroatoms. The first-order chi connectivity index (χ1) is 8.83. The van der Waals surface area contributed by atoms with Crippen LogP contribution in [0.2, 0.25) is 0 Å². The average molecular weight is 263 g/mol. The summed E-state index contributed by atoms with van der Waals surface area (Å²) in [4.78, 5) is 7.07. The summed E-state index contributed by atoms with van der Waals surface area (Å²) in [5, 5.41) is 4.62. The van der Waals surface area contributed by atoms with Crippen molar-refractivity contribution in [3.63, 3.8) is 0 Å². The van der Waals surface area contributed by atoms with Crippen molar-refractivity contribution in [2.75, 3.05) is 4.90 Å². The molecule has 0 N–H and O–H groups in total. The highest BCUT2D eigenvalue weighted by Crippen LogP contribution is 2.41. The first-order valence-corrected chi connectivity index (χ1v) is 6.97. The number of fused-ring (bicyclic) bond motifs is 3. The van der Waals surface area contributed by atoms with Crippen LogP contribution in [-0.4, -0.2) is 32.1 Å². The summed E-state index contributed by atoms with van der Waals surface area (Å²) in [6.07, 6.45) is 10.2. The number of piperidine rings is 1. The monoisotopic (exact) mass is 262 g/mol. The minimum absolute atomic E-state index is 0.336. The van der Waals surface area contributed by atoms with E-state index in [0.29, 0.717) is 17.5 Å². The molecule has 0 aliphatic carbocycles. The van der Waals surface area contributed by atoms with Crippen molar-refractivity contribution in [1.29, 1.82) is 0 Å². The van der Waals surface area contributed by atoms with Crippen LogP contribution in [0, 0.1) is 0 Å². The third kappa shape index (κ3) is 1.45. The summed E-state index contributed by atoms with van der Waals surface area (Å²) in [5.41, 5.74) is 1.10. The maximum Gasteiger partial charge on any atom is 0.155 e. The van der Waals surface area contributed by atoms with Crippen LogP contribution < -0.4 is 4.90 Å². The highest BCUT2D eigenvalue weighted by molar-refractivity contribution is 6.20. The predicted octanol–water partition coefficient (Wildman–Crippen LogP) is 2.47. The normalized spacial score (nSPS) is 31.2. The zero-order chi connectivity index (χ0) is 12.1. The molecule has 2 aliphatic heterocycles. The third-order valence-electron chi connectivity index (χ3n) is 4.22. The van der Waals surface area contributed by atoms with Crippen LogP contribution in [-0.2, 0) is 0 Å². The molecule has 0 saturated carbocycles. The molecule has 2 bridgehead atoms. The predicted molar refractivity (Wildman–Crippen MR) is 71.2 cm³/mol. The van der Waals surface area contributed by atoms with E-state index in [1.807, 2.05) is 29.2 Å². The number of nitrogens with zero attached hydrogens (tertiary/aromatic N) is 4. The van der Waals surface area contributed by atoms with Gasteiger partial charge in [0, 0.05) is 29.9 Å². The lowest BCUT2D eigenvalue weighted by atomic mass is 10.0. The van der Waals surface area contributed by atoms with E-state index in [-0.39, 0.29) is 0 Å². The zero-order valence-electron chi connectivity index (χ0n) is 10.0. The second-order valence-electron chi connectivity index (χ2n) is 5.27. The van der Waals surface area contributed by atoms with Gasteiger partial charge in [0.25, 0.3) is 0 Å². The number of aromatic nitrogens is 3. The number of anilines is 1. The first kappa shape index (κ1) is 10.6. The molecular weight excluding hydrogens is 248 g/mol. The minimum Gasteiger partial charge on any atom is -0.349 e. The topological polar surface area (TPSA) is 33.4 Å². The van der Waals surface area contributed by atoms with Crippen LogP contribution in [0.3, 0.4) is 0 Å². The van der Waals surface area contributed by atoms with Gasteiger partial charge < -0.3 is 4.90 Å². The van der Waals surface area contributed by atoms with Crippen molar-refractivity contribution in [2.24, 2.45) is 0 Å². The van der Waals surface area contributed by atoms with Crippen LogP contribution in [0.25, 0.3) is 5.52 Å². The van der Waals surface area contributed by atoms with Gasteiger partial charge in [-0.3, -0.25) is 0 Å². The third-order valence-corrected chi connectivity index (χ3v) is 4.58. The van der Waals surface area contributed by atoms with Gasteiger partial charge in [-0.1, -0.05) is 0 Å². The molecule has 4 rings (SSSR count). The number of rotatable bonds is 1. The Balaban J connectivity index is 1.81. The van der Waals surface area contributed by atoms with Gasteiger partial charge in [0.2, 0.25) is 0 Å². The Kier molecular flexibility index (Phi) is 2.27. The van der Waals surface area contributed by atoms with Crippen molar-refractivity contribution >= 4 is 22.9 Å². The van der Waals surface area contributed by atoms with E-state index in [9.17, 15) is 0 Å². The van der Waals surface area contributed by atoms with Crippen molar-refractivity contribution in [3.8, 4) is 0 Å². The van der Waals surface area contributed by atoms with Crippen LogP contribution >= 0.6 is 11.6 Å². The standard InChI is InChI=1S/C13H15ClN4/c14-9-7-10-1-2-11(8-9)18(10)13-12-3-4-16-17(12)6-5-15-13/h3-6,9-11H,1-2,7-8H2. The maximum atomic E-state index is 6.33. The lowest BCUT2D eigenvalue weighted by molar-refractivity contribution is 0.471. The molecule has 94 valence electrons. The van der Waals surface area contributed by atoms with E-state index in [0.717, 1.165) is 24.2 Å². The number of halogens is 1. The molecule has 0 spiro atoms. The van der Waals surface area contributed by atoms with Gasteiger partial charge in [-0.25, -0.2) is 9.50 Å². The molecule has 2 aromatic rings. The molecule has 2 aromatic heterocycles. The Morgan fingerprint density at radius 3 is 2.72 bits per heavy atom. The van der Waals surface area contributed by atoms with Crippen molar-refractivity contribution < 1.29 is 0 Å². The summed E-state index contributed by atoms with van der Waals surface area (Å²) in [5.74, 6) is 1.08. The van der Waals surface area contributed by atoms with Gasteiger partial charge in [0.05, 0.1) is 6.20 Å². The SMILES string of the molecule is ClC1CC2CCC(C1)N2c1nccn2nccc12.